The molecule has 0 aromatic carbocycles. The lowest BCUT2D eigenvalue weighted by Crippen LogP contribution is -2.49. The molecule has 0 atom stereocenters. The van der Waals surface area contributed by atoms with Gasteiger partial charge in [-0.25, -0.2) is 0 Å². The monoisotopic (exact) mass is 359 g/mol. The van der Waals surface area contributed by atoms with Crippen LogP contribution < -0.4 is 5.32 Å². The van der Waals surface area contributed by atoms with E-state index in [1.54, 1.807) is 24.5 Å². The Balaban J connectivity index is 1.35. The lowest BCUT2D eigenvalue weighted by Gasteiger charge is -2.34. The van der Waals surface area contributed by atoms with Gasteiger partial charge in [-0.05, 0) is 29.7 Å². The standard InChI is InChI=1S/C18H21N3O3S/c22-17(4-3-16-2-1-12-24-16)21-10-8-20(9-11-21)7-6-19-18(23)15-5-13-25-14-15/h1-5,12-14H,6-11H2,(H,19,23)/b4-3+. The third kappa shape index (κ3) is 5.04. The predicted molar refractivity (Wildman–Crippen MR) is 97.4 cm³/mol. The Labute approximate surface area is 150 Å². The van der Waals surface area contributed by atoms with Gasteiger partial charge in [-0.3, -0.25) is 14.5 Å². The van der Waals surface area contributed by atoms with Gasteiger partial charge in [0, 0.05) is 56.3 Å². The molecule has 7 heteroatoms. The molecule has 1 saturated heterocycles. The van der Waals surface area contributed by atoms with Gasteiger partial charge in [-0.15, -0.1) is 0 Å². The highest BCUT2D eigenvalue weighted by Gasteiger charge is 2.19. The zero-order valence-electron chi connectivity index (χ0n) is 13.9. The van der Waals surface area contributed by atoms with E-state index in [0.29, 0.717) is 31.0 Å². The van der Waals surface area contributed by atoms with E-state index in [-0.39, 0.29) is 11.8 Å². The zero-order valence-corrected chi connectivity index (χ0v) is 14.7. The molecule has 25 heavy (non-hydrogen) atoms. The first-order valence-electron chi connectivity index (χ1n) is 8.25. The average molecular weight is 359 g/mol. The summed E-state index contributed by atoms with van der Waals surface area (Å²) >= 11 is 1.52. The van der Waals surface area contributed by atoms with Crippen molar-refractivity contribution in [2.24, 2.45) is 0 Å². The molecule has 3 rings (SSSR count). The van der Waals surface area contributed by atoms with Crippen molar-refractivity contribution in [1.82, 2.24) is 15.1 Å². The summed E-state index contributed by atoms with van der Waals surface area (Å²) in [5.41, 5.74) is 0.712. The van der Waals surface area contributed by atoms with Gasteiger partial charge in [-0.2, -0.15) is 11.3 Å². The molecular formula is C18H21N3O3S. The van der Waals surface area contributed by atoms with Crippen LogP contribution in [0.15, 0.2) is 45.7 Å². The summed E-state index contributed by atoms with van der Waals surface area (Å²) in [6.07, 6.45) is 4.82. The molecule has 3 heterocycles. The maximum atomic E-state index is 12.2. The van der Waals surface area contributed by atoms with Crippen molar-refractivity contribution < 1.29 is 14.0 Å². The van der Waals surface area contributed by atoms with E-state index in [0.717, 1.165) is 19.6 Å². The van der Waals surface area contributed by atoms with Gasteiger partial charge < -0.3 is 14.6 Å². The normalized spacial score (nSPS) is 15.6. The molecule has 132 valence electrons. The van der Waals surface area contributed by atoms with Crippen molar-refractivity contribution in [3.05, 3.63) is 52.6 Å². The Morgan fingerprint density at radius 2 is 2.08 bits per heavy atom. The number of hydrogen-bond donors (Lipinski definition) is 1. The third-order valence-corrected chi connectivity index (χ3v) is 4.80. The number of carbonyl (C=O) groups is 2. The summed E-state index contributed by atoms with van der Waals surface area (Å²) in [6, 6.07) is 5.42. The Hall–Kier alpha value is -2.38. The molecule has 2 amide bonds. The highest BCUT2D eigenvalue weighted by atomic mass is 32.1. The summed E-state index contributed by atoms with van der Waals surface area (Å²) in [7, 11) is 0. The molecule has 0 aliphatic carbocycles. The number of nitrogens with zero attached hydrogens (tertiary/aromatic N) is 2. The van der Waals surface area contributed by atoms with Gasteiger partial charge in [0.25, 0.3) is 5.91 Å². The van der Waals surface area contributed by atoms with Gasteiger partial charge in [-0.1, -0.05) is 0 Å². The second-order valence-electron chi connectivity index (χ2n) is 5.78. The Kier molecular flexibility index (Phi) is 6.03. The number of carbonyl (C=O) groups excluding carboxylic acids is 2. The van der Waals surface area contributed by atoms with Crippen LogP contribution in [0.25, 0.3) is 6.08 Å². The highest BCUT2D eigenvalue weighted by molar-refractivity contribution is 7.08. The largest absolute Gasteiger partial charge is 0.465 e. The van der Waals surface area contributed by atoms with Crippen molar-refractivity contribution in [3.63, 3.8) is 0 Å². The maximum absolute atomic E-state index is 12.2. The van der Waals surface area contributed by atoms with E-state index < -0.39 is 0 Å². The number of furan rings is 1. The number of thiophene rings is 1. The summed E-state index contributed by atoms with van der Waals surface area (Å²) in [5.74, 6) is 0.647. The molecule has 0 saturated carbocycles. The van der Waals surface area contributed by atoms with Crippen LogP contribution in [-0.2, 0) is 4.79 Å². The summed E-state index contributed by atoms with van der Waals surface area (Å²) in [4.78, 5) is 28.1. The topological polar surface area (TPSA) is 65.8 Å². The number of rotatable bonds is 6. The van der Waals surface area contributed by atoms with Gasteiger partial charge in [0.05, 0.1) is 6.26 Å². The molecule has 6 nitrogen and oxygen atoms in total. The van der Waals surface area contributed by atoms with E-state index in [1.807, 2.05) is 27.8 Å². The first-order valence-corrected chi connectivity index (χ1v) is 9.20. The van der Waals surface area contributed by atoms with Crippen LogP contribution in [0.1, 0.15) is 16.1 Å². The smallest absolute Gasteiger partial charge is 0.252 e. The number of amides is 2. The van der Waals surface area contributed by atoms with Crippen molar-refractivity contribution in [1.29, 1.82) is 0 Å². The molecule has 0 unspecified atom stereocenters. The molecule has 1 aliphatic heterocycles. The molecule has 1 fully saturated rings. The second kappa shape index (κ2) is 8.64. The van der Waals surface area contributed by atoms with Crippen LogP contribution in [0.5, 0.6) is 0 Å². The molecule has 0 radical (unpaired) electrons. The Morgan fingerprint density at radius 1 is 1.24 bits per heavy atom. The van der Waals surface area contributed by atoms with Crippen LogP contribution in [0, 0.1) is 0 Å². The summed E-state index contributed by atoms with van der Waals surface area (Å²) in [6.45, 7) is 4.42. The van der Waals surface area contributed by atoms with E-state index in [1.165, 1.54) is 11.3 Å². The predicted octanol–water partition coefficient (Wildman–Crippen LogP) is 1.93. The first-order chi connectivity index (χ1) is 12.2. The fourth-order valence-electron chi connectivity index (χ4n) is 2.66. The van der Waals surface area contributed by atoms with E-state index in [4.69, 9.17) is 4.42 Å². The quantitative estimate of drug-likeness (QED) is 0.801. The van der Waals surface area contributed by atoms with Crippen molar-refractivity contribution >= 4 is 29.2 Å². The van der Waals surface area contributed by atoms with Gasteiger partial charge >= 0.3 is 0 Å². The summed E-state index contributed by atoms with van der Waals surface area (Å²) < 4.78 is 5.18. The van der Waals surface area contributed by atoms with E-state index in [2.05, 4.69) is 10.2 Å². The lowest BCUT2D eigenvalue weighted by atomic mass is 10.3. The van der Waals surface area contributed by atoms with Gasteiger partial charge in [0.1, 0.15) is 5.76 Å². The Morgan fingerprint density at radius 3 is 2.76 bits per heavy atom. The fourth-order valence-corrected chi connectivity index (χ4v) is 3.30. The van der Waals surface area contributed by atoms with Crippen LogP contribution >= 0.6 is 11.3 Å². The second-order valence-corrected chi connectivity index (χ2v) is 6.56. The number of hydrogen-bond acceptors (Lipinski definition) is 5. The molecule has 2 aromatic heterocycles. The first kappa shape index (κ1) is 17.4. The molecule has 1 N–H and O–H groups in total. The van der Waals surface area contributed by atoms with Crippen LogP contribution in [0.2, 0.25) is 0 Å². The SMILES string of the molecule is O=C(NCCN1CCN(C(=O)/C=C/c2ccco2)CC1)c1ccsc1. The van der Waals surface area contributed by atoms with E-state index >= 15 is 0 Å². The Bertz CT molecular complexity index is 702. The minimum atomic E-state index is -0.0295. The third-order valence-electron chi connectivity index (χ3n) is 4.11. The van der Waals surface area contributed by atoms with E-state index in [9.17, 15) is 9.59 Å². The molecule has 0 spiro atoms. The lowest BCUT2D eigenvalue weighted by molar-refractivity contribution is -0.127. The summed E-state index contributed by atoms with van der Waals surface area (Å²) in [5, 5.41) is 6.66. The molecule has 0 bridgehead atoms. The molecule has 1 aliphatic rings. The van der Waals surface area contributed by atoms with Gasteiger partial charge in [0.15, 0.2) is 0 Å². The fraction of sp³-hybridized carbons (Fsp3) is 0.333. The minimum absolute atomic E-state index is 0.00168. The highest BCUT2D eigenvalue weighted by Crippen LogP contribution is 2.07. The van der Waals surface area contributed by atoms with Gasteiger partial charge in [0.2, 0.25) is 5.91 Å². The van der Waals surface area contributed by atoms with Crippen molar-refractivity contribution in [3.8, 4) is 0 Å². The van der Waals surface area contributed by atoms with Crippen LogP contribution in [0.3, 0.4) is 0 Å². The van der Waals surface area contributed by atoms with Crippen LogP contribution in [0.4, 0.5) is 0 Å². The van der Waals surface area contributed by atoms with Crippen molar-refractivity contribution in [2.75, 3.05) is 39.3 Å². The maximum Gasteiger partial charge on any atom is 0.252 e. The minimum Gasteiger partial charge on any atom is -0.465 e. The number of nitrogens with one attached hydrogen (secondary N) is 1. The number of piperazine rings is 1. The molecule has 2 aromatic rings. The van der Waals surface area contributed by atoms with Crippen molar-refractivity contribution in [2.45, 2.75) is 0 Å². The average Bonchev–Trinajstić information content (AvgIpc) is 3.34. The molecular weight excluding hydrogens is 338 g/mol. The zero-order chi connectivity index (χ0) is 17.5. The van der Waals surface area contributed by atoms with Crippen LogP contribution in [-0.4, -0.2) is 60.9 Å².